The first-order chi connectivity index (χ1) is 11.6. The van der Waals surface area contributed by atoms with Crippen molar-refractivity contribution in [2.75, 3.05) is 27.4 Å². The van der Waals surface area contributed by atoms with Gasteiger partial charge in [-0.2, -0.15) is 0 Å². The minimum Gasteiger partial charge on any atom is -0.362 e. The largest absolute Gasteiger partial charge is 0.362 e. The van der Waals surface area contributed by atoms with Crippen LogP contribution in [0.25, 0.3) is 0 Å². The van der Waals surface area contributed by atoms with Crippen molar-refractivity contribution in [2.45, 2.75) is 61.3 Å². The van der Waals surface area contributed by atoms with Crippen LogP contribution in [0.2, 0.25) is 0 Å². The first-order valence-corrected chi connectivity index (χ1v) is 11.0. The van der Waals surface area contributed by atoms with Crippen LogP contribution in [0.3, 0.4) is 0 Å². The first kappa shape index (κ1) is 20.0. The Morgan fingerprint density at radius 2 is 1.04 bits per heavy atom. The molecular formula is C18H32Br2N4. The van der Waals surface area contributed by atoms with Crippen LogP contribution in [0.1, 0.15) is 51.4 Å². The number of unbranched alkanes of at least 4 members (excludes halogenated alkanes) is 5. The van der Waals surface area contributed by atoms with Crippen molar-refractivity contribution >= 4 is 31.9 Å². The molecule has 0 fully saturated rings. The van der Waals surface area contributed by atoms with E-state index in [0.29, 0.717) is 9.90 Å². The van der Waals surface area contributed by atoms with Crippen molar-refractivity contribution in [2.24, 2.45) is 0 Å². The first-order valence-electron chi connectivity index (χ1n) is 9.13. The van der Waals surface area contributed by atoms with Crippen molar-refractivity contribution in [1.82, 2.24) is 19.6 Å². The van der Waals surface area contributed by atoms with E-state index in [1.165, 1.54) is 51.4 Å². The van der Waals surface area contributed by atoms with Gasteiger partial charge in [0.15, 0.2) is 0 Å². The highest BCUT2D eigenvalue weighted by atomic mass is 79.9. The van der Waals surface area contributed by atoms with Gasteiger partial charge in [0, 0.05) is 38.9 Å². The molecule has 0 amide bonds. The van der Waals surface area contributed by atoms with Crippen LogP contribution in [-0.4, -0.2) is 56.9 Å². The van der Waals surface area contributed by atoms with Crippen molar-refractivity contribution in [3.05, 3.63) is 24.8 Å². The van der Waals surface area contributed by atoms with E-state index in [2.05, 4.69) is 90.4 Å². The number of hydrogen-bond acceptors (Lipinski definition) is 4. The third-order valence-corrected chi connectivity index (χ3v) is 6.62. The van der Waals surface area contributed by atoms with Gasteiger partial charge >= 0.3 is 0 Å². The van der Waals surface area contributed by atoms with E-state index in [1.54, 1.807) is 0 Å². The lowest BCUT2D eigenvalue weighted by Crippen LogP contribution is -2.28. The van der Waals surface area contributed by atoms with Gasteiger partial charge in [0.1, 0.15) is 0 Å². The second kappa shape index (κ2) is 10.6. The summed E-state index contributed by atoms with van der Waals surface area (Å²) in [4.78, 5) is 10.1. The van der Waals surface area contributed by atoms with Gasteiger partial charge in [-0.05, 0) is 12.8 Å². The Labute approximate surface area is 164 Å². The summed E-state index contributed by atoms with van der Waals surface area (Å²) in [5, 5.41) is 0. The Morgan fingerprint density at radius 1 is 0.667 bits per heavy atom. The van der Waals surface area contributed by atoms with Crippen molar-refractivity contribution in [3.8, 4) is 0 Å². The van der Waals surface area contributed by atoms with Crippen LogP contribution in [0.4, 0.5) is 0 Å². The molecule has 2 aliphatic rings. The fourth-order valence-corrected chi connectivity index (χ4v) is 4.31. The lowest BCUT2D eigenvalue weighted by Gasteiger charge is -2.24. The minimum absolute atomic E-state index is 0.486. The van der Waals surface area contributed by atoms with E-state index in [0.717, 1.165) is 13.3 Å². The Balaban J connectivity index is 1.40. The molecule has 0 aromatic carbocycles. The van der Waals surface area contributed by atoms with Crippen LogP contribution in [0.5, 0.6) is 0 Å². The van der Waals surface area contributed by atoms with E-state index < -0.39 is 0 Å². The Hall–Kier alpha value is -0.360. The van der Waals surface area contributed by atoms with Crippen LogP contribution < -0.4 is 0 Å². The maximum absolute atomic E-state index is 3.81. The summed E-state index contributed by atoms with van der Waals surface area (Å²) in [5.74, 6) is 0. The van der Waals surface area contributed by atoms with Crippen molar-refractivity contribution in [1.29, 1.82) is 0 Å². The van der Waals surface area contributed by atoms with Gasteiger partial charge in [-0.15, -0.1) is 0 Å². The predicted molar refractivity (Wildman–Crippen MR) is 110 cm³/mol. The lowest BCUT2D eigenvalue weighted by molar-refractivity contribution is 0.274. The van der Waals surface area contributed by atoms with Crippen LogP contribution in [0, 0.1) is 0 Å². The molecule has 6 heteroatoms. The molecule has 2 atom stereocenters. The highest BCUT2D eigenvalue weighted by Gasteiger charge is 2.17. The second-order valence-corrected chi connectivity index (χ2v) is 9.10. The van der Waals surface area contributed by atoms with Gasteiger partial charge in [0.05, 0.1) is 23.2 Å². The van der Waals surface area contributed by atoms with Crippen LogP contribution in [0.15, 0.2) is 24.8 Å². The third-order valence-electron chi connectivity index (χ3n) is 4.65. The molecule has 0 bridgehead atoms. The number of hydrogen-bond donors (Lipinski definition) is 0. The zero-order valence-corrected chi connectivity index (χ0v) is 18.3. The molecular weight excluding hydrogens is 432 g/mol. The van der Waals surface area contributed by atoms with Gasteiger partial charge in [0.2, 0.25) is 0 Å². The Bertz CT molecular complexity index is 378. The summed E-state index contributed by atoms with van der Waals surface area (Å²) < 4.78 is 0. The number of alkyl halides is 2. The molecule has 2 heterocycles. The zero-order chi connectivity index (χ0) is 17.4. The molecule has 2 aliphatic heterocycles. The van der Waals surface area contributed by atoms with E-state index in [-0.39, 0.29) is 0 Å². The topological polar surface area (TPSA) is 13.0 Å². The minimum atomic E-state index is 0.486. The molecule has 0 aromatic rings. The third kappa shape index (κ3) is 6.87. The molecule has 4 nitrogen and oxygen atoms in total. The van der Waals surface area contributed by atoms with E-state index in [9.17, 15) is 0 Å². The summed E-state index contributed by atoms with van der Waals surface area (Å²) in [6.45, 7) is 2.01. The van der Waals surface area contributed by atoms with Gasteiger partial charge < -0.3 is 19.6 Å². The maximum atomic E-state index is 3.81. The van der Waals surface area contributed by atoms with E-state index >= 15 is 0 Å². The average Bonchev–Trinajstić information content (AvgIpc) is 3.18. The van der Waals surface area contributed by atoms with E-state index in [1.807, 2.05) is 0 Å². The number of rotatable bonds is 11. The maximum Gasteiger partial charge on any atom is 0.0901 e. The molecule has 2 rings (SSSR count). The molecule has 0 aromatic heterocycles. The summed E-state index contributed by atoms with van der Waals surface area (Å²) in [7, 11) is 4.23. The predicted octanol–water partition coefficient (Wildman–Crippen LogP) is 4.90. The van der Waals surface area contributed by atoms with Crippen LogP contribution >= 0.6 is 31.9 Å². The molecule has 24 heavy (non-hydrogen) atoms. The average molecular weight is 464 g/mol. The van der Waals surface area contributed by atoms with Crippen molar-refractivity contribution in [3.63, 3.8) is 0 Å². The van der Waals surface area contributed by atoms with Crippen LogP contribution in [-0.2, 0) is 0 Å². The zero-order valence-electron chi connectivity index (χ0n) is 15.1. The molecule has 138 valence electrons. The number of halogens is 2. The van der Waals surface area contributed by atoms with Gasteiger partial charge in [-0.1, -0.05) is 70.4 Å². The summed E-state index contributed by atoms with van der Waals surface area (Å²) in [5.41, 5.74) is 0. The molecule has 0 saturated carbocycles. The fraction of sp³-hybridized carbons (Fsp3) is 0.778. The fourth-order valence-electron chi connectivity index (χ4n) is 3.13. The molecule has 0 aliphatic carbocycles. The summed E-state index contributed by atoms with van der Waals surface area (Å²) >= 11 is 7.62. The van der Waals surface area contributed by atoms with Gasteiger partial charge in [-0.3, -0.25) is 0 Å². The summed E-state index contributed by atoms with van der Waals surface area (Å²) in [6.07, 6.45) is 19.2. The quantitative estimate of drug-likeness (QED) is 0.245. The Kier molecular flexibility index (Phi) is 8.81. The van der Waals surface area contributed by atoms with Crippen molar-refractivity contribution < 1.29 is 0 Å². The van der Waals surface area contributed by atoms with E-state index in [4.69, 9.17) is 0 Å². The Morgan fingerprint density at radius 3 is 1.38 bits per heavy atom. The smallest absolute Gasteiger partial charge is 0.0901 e. The monoisotopic (exact) mass is 462 g/mol. The highest BCUT2D eigenvalue weighted by Crippen LogP contribution is 2.22. The second-order valence-electron chi connectivity index (χ2n) is 6.99. The summed E-state index contributed by atoms with van der Waals surface area (Å²) in [6, 6.07) is 0. The van der Waals surface area contributed by atoms with Gasteiger partial charge in [-0.25, -0.2) is 0 Å². The van der Waals surface area contributed by atoms with Gasteiger partial charge in [0.25, 0.3) is 0 Å². The normalized spacial score (nSPS) is 19.7. The molecule has 0 saturated heterocycles. The lowest BCUT2D eigenvalue weighted by atomic mass is 10.1. The number of nitrogens with zero attached hydrogens (tertiary/aromatic N) is 4. The molecule has 0 radical (unpaired) electrons. The standard InChI is InChI=1S/C18H32Br2N4/c1-21-11-13-23(15-21)17(19)9-7-5-3-4-6-8-10-18(20)24-14-12-22(2)16-24/h11-14,17-18H,3-10,15-16H2,1-2H3. The highest BCUT2D eigenvalue weighted by molar-refractivity contribution is 9.09. The molecule has 0 N–H and O–H groups in total. The SMILES string of the molecule is CN1C=CN(C(Br)CCCCCCCCC(Br)N2C=CN(C)C2)C1. The molecule has 0 spiro atoms. The molecule has 2 unspecified atom stereocenters.